The van der Waals surface area contributed by atoms with E-state index in [1.807, 2.05) is 35.1 Å². The Morgan fingerprint density at radius 1 is 1.19 bits per heavy atom. The minimum absolute atomic E-state index is 0.234. The summed E-state index contributed by atoms with van der Waals surface area (Å²) in [6.07, 6.45) is 4.31. The van der Waals surface area contributed by atoms with Gasteiger partial charge in [0.2, 0.25) is 0 Å². The van der Waals surface area contributed by atoms with Gasteiger partial charge in [-0.2, -0.15) is 5.10 Å². The summed E-state index contributed by atoms with van der Waals surface area (Å²) in [6, 6.07) is 8.25. The zero-order chi connectivity index (χ0) is 17.8. The number of nitrogens with one attached hydrogen (secondary N) is 2. The third-order valence-electron chi connectivity index (χ3n) is 5.25. The molecule has 0 radical (unpaired) electrons. The highest BCUT2D eigenvalue weighted by Gasteiger charge is 2.29. The molecule has 8 heteroatoms. The summed E-state index contributed by atoms with van der Waals surface area (Å²) in [5, 5.41) is 8.14. The molecule has 1 saturated carbocycles. The van der Waals surface area contributed by atoms with Crippen LogP contribution in [0.1, 0.15) is 36.3 Å². The van der Waals surface area contributed by atoms with E-state index in [9.17, 15) is 0 Å². The van der Waals surface area contributed by atoms with Crippen molar-refractivity contribution in [2.24, 2.45) is 0 Å². The number of ether oxygens (including phenoxy) is 1. The van der Waals surface area contributed by atoms with Crippen molar-refractivity contribution in [1.29, 1.82) is 0 Å². The molecule has 3 aromatic heterocycles. The van der Waals surface area contributed by atoms with E-state index in [2.05, 4.69) is 20.3 Å². The highest BCUT2D eigenvalue weighted by molar-refractivity contribution is 5.83. The average Bonchev–Trinajstić information content (AvgIpc) is 3.32. The molecular weight excluding hydrogens is 342 g/mol. The first-order valence-corrected chi connectivity index (χ1v) is 9.35. The van der Waals surface area contributed by atoms with Crippen molar-refractivity contribution >= 4 is 28.0 Å². The average molecular weight is 361 g/mol. The van der Waals surface area contributed by atoms with Gasteiger partial charge in [-0.25, -0.2) is 19.6 Å². The fourth-order valence-electron chi connectivity index (χ4n) is 3.49. The summed E-state index contributed by atoms with van der Waals surface area (Å²) >= 11 is 0. The van der Waals surface area contributed by atoms with Crippen LogP contribution in [0.2, 0.25) is 0 Å². The van der Waals surface area contributed by atoms with Gasteiger partial charge in [0.05, 0.1) is 36.5 Å². The van der Waals surface area contributed by atoms with Crippen LogP contribution in [0, 0.1) is 0 Å². The quantitative estimate of drug-likeness (QED) is 0.568. The van der Waals surface area contributed by atoms with E-state index in [1.54, 1.807) is 0 Å². The minimum atomic E-state index is 0.234. The number of para-hydroxylation sites is 2. The molecule has 1 aliphatic heterocycles. The van der Waals surface area contributed by atoms with Crippen molar-refractivity contribution in [3.05, 3.63) is 42.0 Å². The van der Waals surface area contributed by atoms with Gasteiger partial charge in [-0.05, 0) is 25.0 Å². The summed E-state index contributed by atoms with van der Waals surface area (Å²) in [6.45, 7) is 1.90. The van der Waals surface area contributed by atoms with Crippen molar-refractivity contribution in [3.8, 4) is 0 Å². The largest absolute Gasteiger partial charge is 0.377 e. The number of anilines is 1. The molecule has 0 atom stereocenters. The molecule has 1 aromatic carbocycles. The molecule has 1 aliphatic carbocycles. The van der Waals surface area contributed by atoms with Gasteiger partial charge in [0, 0.05) is 12.1 Å². The number of hydrogen-bond donors (Lipinski definition) is 2. The Balaban J connectivity index is 1.34. The van der Waals surface area contributed by atoms with Crippen molar-refractivity contribution in [2.45, 2.75) is 31.3 Å². The van der Waals surface area contributed by atoms with Crippen molar-refractivity contribution in [2.75, 3.05) is 18.5 Å². The maximum atomic E-state index is 5.36. The normalized spacial score (nSPS) is 17.5. The molecule has 4 aromatic rings. The highest BCUT2D eigenvalue weighted by Crippen LogP contribution is 2.39. The van der Waals surface area contributed by atoms with Gasteiger partial charge in [-0.3, -0.25) is 0 Å². The van der Waals surface area contributed by atoms with Crippen LogP contribution in [0.4, 0.5) is 5.82 Å². The molecule has 2 N–H and O–H groups in total. The second-order valence-electron chi connectivity index (χ2n) is 7.28. The molecule has 136 valence electrons. The number of benzene rings is 1. The van der Waals surface area contributed by atoms with Crippen LogP contribution in [-0.2, 0) is 11.3 Å². The van der Waals surface area contributed by atoms with Crippen LogP contribution in [0.15, 0.2) is 30.5 Å². The SMILES string of the molecule is c1ccc2[nH]c(CNc3nn(C4COC4)c4nc(C5CC5)cnc34)nc2c1. The molecule has 0 amide bonds. The fraction of sp³-hybridized carbons (Fsp3) is 0.368. The lowest BCUT2D eigenvalue weighted by Gasteiger charge is -2.26. The van der Waals surface area contributed by atoms with Crippen molar-refractivity contribution < 1.29 is 4.74 Å². The van der Waals surface area contributed by atoms with E-state index >= 15 is 0 Å². The van der Waals surface area contributed by atoms with Gasteiger partial charge in [0.25, 0.3) is 0 Å². The Labute approximate surface area is 155 Å². The Morgan fingerprint density at radius 2 is 2.07 bits per heavy atom. The molecule has 6 rings (SSSR count). The summed E-state index contributed by atoms with van der Waals surface area (Å²) < 4.78 is 7.33. The van der Waals surface area contributed by atoms with Gasteiger partial charge in [-0.1, -0.05) is 12.1 Å². The van der Waals surface area contributed by atoms with Crippen LogP contribution < -0.4 is 5.32 Å². The third-order valence-corrected chi connectivity index (χ3v) is 5.25. The maximum absolute atomic E-state index is 5.36. The maximum Gasteiger partial charge on any atom is 0.179 e. The number of H-pyrrole nitrogens is 1. The molecule has 0 bridgehead atoms. The minimum Gasteiger partial charge on any atom is -0.377 e. The number of nitrogens with zero attached hydrogens (tertiary/aromatic N) is 5. The number of aromatic nitrogens is 6. The van der Waals surface area contributed by atoms with Gasteiger partial charge in [-0.15, -0.1) is 0 Å². The van der Waals surface area contributed by atoms with Crippen LogP contribution in [0.3, 0.4) is 0 Å². The first-order chi connectivity index (χ1) is 13.3. The lowest BCUT2D eigenvalue weighted by Crippen LogP contribution is -2.31. The number of imidazole rings is 1. The summed E-state index contributed by atoms with van der Waals surface area (Å²) in [7, 11) is 0. The second kappa shape index (κ2) is 5.75. The van der Waals surface area contributed by atoms with Crippen LogP contribution in [0.25, 0.3) is 22.2 Å². The second-order valence-corrected chi connectivity index (χ2v) is 7.28. The Bertz CT molecular complexity index is 1110. The molecule has 27 heavy (non-hydrogen) atoms. The molecule has 4 heterocycles. The number of hydrogen-bond acceptors (Lipinski definition) is 6. The zero-order valence-electron chi connectivity index (χ0n) is 14.7. The van der Waals surface area contributed by atoms with E-state index in [1.165, 1.54) is 12.8 Å². The van der Waals surface area contributed by atoms with Gasteiger partial charge >= 0.3 is 0 Å². The lowest BCUT2D eigenvalue weighted by atomic mass is 10.2. The Morgan fingerprint density at radius 3 is 2.85 bits per heavy atom. The van der Waals surface area contributed by atoms with E-state index < -0.39 is 0 Å². The highest BCUT2D eigenvalue weighted by atomic mass is 16.5. The van der Waals surface area contributed by atoms with Gasteiger partial charge in [0.1, 0.15) is 11.9 Å². The van der Waals surface area contributed by atoms with Gasteiger partial charge in [0.15, 0.2) is 17.0 Å². The molecular formula is C19H19N7O. The van der Waals surface area contributed by atoms with E-state index in [4.69, 9.17) is 14.8 Å². The Kier molecular flexibility index (Phi) is 3.21. The first kappa shape index (κ1) is 15.1. The smallest absolute Gasteiger partial charge is 0.179 e. The van der Waals surface area contributed by atoms with E-state index in [0.29, 0.717) is 25.7 Å². The van der Waals surface area contributed by atoms with Crippen LogP contribution in [-0.4, -0.2) is 42.9 Å². The third kappa shape index (κ3) is 2.56. The standard InChI is InChI=1S/C19H19N7O/c1-2-4-14-13(3-1)22-16(23-14)8-21-18-17-19(26(25-18)12-9-27-10-12)24-15(7-20-17)11-5-6-11/h1-4,7,11-12H,5-6,8-10H2,(H,21,25)(H,22,23). The molecule has 0 unspecified atom stereocenters. The number of fused-ring (bicyclic) bond motifs is 2. The summed E-state index contributed by atoms with van der Waals surface area (Å²) in [4.78, 5) is 17.5. The topological polar surface area (TPSA) is 93.5 Å². The first-order valence-electron chi connectivity index (χ1n) is 9.35. The molecule has 0 spiro atoms. The van der Waals surface area contributed by atoms with E-state index in [0.717, 1.165) is 39.5 Å². The molecule has 2 fully saturated rings. The van der Waals surface area contributed by atoms with Crippen LogP contribution >= 0.6 is 0 Å². The molecule has 2 aliphatic rings. The lowest BCUT2D eigenvalue weighted by molar-refractivity contribution is -0.0268. The fourth-order valence-corrected chi connectivity index (χ4v) is 3.49. The van der Waals surface area contributed by atoms with Crippen molar-refractivity contribution in [1.82, 2.24) is 29.7 Å². The monoisotopic (exact) mass is 361 g/mol. The predicted molar refractivity (Wildman–Crippen MR) is 101 cm³/mol. The van der Waals surface area contributed by atoms with Crippen molar-refractivity contribution in [3.63, 3.8) is 0 Å². The Hall–Kier alpha value is -3.00. The zero-order valence-corrected chi connectivity index (χ0v) is 14.7. The molecule has 8 nitrogen and oxygen atoms in total. The number of aromatic amines is 1. The van der Waals surface area contributed by atoms with E-state index in [-0.39, 0.29) is 6.04 Å². The van der Waals surface area contributed by atoms with Crippen LogP contribution in [0.5, 0.6) is 0 Å². The summed E-state index contributed by atoms with van der Waals surface area (Å²) in [5.41, 5.74) is 4.73. The number of rotatable bonds is 5. The summed E-state index contributed by atoms with van der Waals surface area (Å²) in [5.74, 6) is 2.18. The van der Waals surface area contributed by atoms with Gasteiger partial charge < -0.3 is 15.0 Å². The molecule has 1 saturated heterocycles. The predicted octanol–water partition coefficient (Wildman–Crippen LogP) is 2.76.